The zero-order valence-electron chi connectivity index (χ0n) is 14.5. The van der Waals surface area contributed by atoms with Crippen molar-refractivity contribution in [1.29, 1.82) is 5.26 Å². The molecule has 0 spiro atoms. The molecule has 132 valence electrons. The van der Waals surface area contributed by atoms with E-state index in [0.717, 1.165) is 20.7 Å². The highest BCUT2D eigenvalue weighted by atomic mass is 32.2. The van der Waals surface area contributed by atoms with E-state index < -0.39 is 5.25 Å². The van der Waals surface area contributed by atoms with E-state index in [1.165, 1.54) is 11.8 Å². The summed E-state index contributed by atoms with van der Waals surface area (Å²) in [6, 6.07) is 8.95. The van der Waals surface area contributed by atoms with Crippen LogP contribution in [0.2, 0.25) is 0 Å². The van der Waals surface area contributed by atoms with Gasteiger partial charge in [0.1, 0.15) is 16.7 Å². The van der Waals surface area contributed by atoms with Crippen molar-refractivity contribution in [3.05, 3.63) is 40.3 Å². The van der Waals surface area contributed by atoms with Crippen LogP contribution < -0.4 is 11.1 Å². The molecule has 0 fully saturated rings. The van der Waals surface area contributed by atoms with Gasteiger partial charge in [-0.2, -0.15) is 5.26 Å². The summed E-state index contributed by atoms with van der Waals surface area (Å²) < 4.78 is 0. The van der Waals surface area contributed by atoms with E-state index in [9.17, 15) is 4.79 Å². The molecule has 0 bridgehead atoms. The first kappa shape index (κ1) is 18.2. The number of benzene rings is 1. The molecule has 0 saturated carbocycles. The fourth-order valence-corrected chi connectivity index (χ4v) is 4.32. The van der Waals surface area contributed by atoms with Crippen LogP contribution in [-0.2, 0) is 4.79 Å². The highest BCUT2D eigenvalue weighted by molar-refractivity contribution is 8.00. The van der Waals surface area contributed by atoms with Gasteiger partial charge >= 0.3 is 0 Å². The molecule has 0 radical (unpaired) electrons. The first-order valence-electron chi connectivity index (χ1n) is 7.90. The second-order valence-corrected chi connectivity index (χ2v) is 8.27. The Balaban J connectivity index is 1.79. The summed E-state index contributed by atoms with van der Waals surface area (Å²) in [7, 11) is 0. The number of rotatable bonds is 4. The van der Waals surface area contributed by atoms with Crippen LogP contribution in [0.1, 0.15) is 22.9 Å². The number of aryl methyl sites for hydroxylation is 2. The van der Waals surface area contributed by atoms with Gasteiger partial charge in [0.25, 0.3) is 0 Å². The van der Waals surface area contributed by atoms with E-state index in [-0.39, 0.29) is 5.91 Å². The zero-order chi connectivity index (χ0) is 18.8. The predicted molar refractivity (Wildman–Crippen MR) is 106 cm³/mol. The molecule has 2 aromatic heterocycles. The molecule has 8 heteroatoms. The van der Waals surface area contributed by atoms with Crippen molar-refractivity contribution < 1.29 is 4.79 Å². The van der Waals surface area contributed by atoms with Gasteiger partial charge in [-0.15, -0.1) is 11.3 Å². The van der Waals surface area contributed by atoms with E-state index in [1.54, 1.807) is 42.5 Å². The smallest absolute Gasteiger partial charge is 0.237 e. The third kappa shape index (κ3) is 3.49. The number of carbonyl (C=O) groups excluding carboxylic acids is 1. The largest absolute Gasteiger partial charge is 0.383 e. The number of nitrogens with one attached hydrogen (secondary N) is 1. The summed E-state index contributed by atoms with van der Waals surface area (Å²) in [5.74, 6) is 0.209. The minimum atomic E-state index is -0.444. The van der Waals surface area contributed by atoms with Crippen LogP contribution in [-0.4, -0.2) is 21.1 Å². The summed E-state index contributed by atoms with van der Waals surface area (Å²) in [4.78, 5) is 23.3. The van der Waals surface area contributed by atoms with Crippen LogP contribution in [0.5, 0.6) is 0 Å². The summed E-state index contributed by atoms with van der Waals surface area (Å²) in [6.45, 7) is 5.80. The molecule has 1 unspecified atom stereocenters. The van der Waals surface area contributed by atoms with Crippen LogP contribution in [0.3, 0.4) is 0 Å². The van der Waals surface area contributed by atoms with Gasteiger partial charge in [-0.3, -0.25) is 4.79 Å². The first-order valence-corrected chi connectivity index (χ1v) is 9.60. The van der Waals surface area contributed by atoms with Crippen LogP contribution in [0.4, 0.5) is 11.5 Å². The number of hydrogen-bond donors (Lipinski definition) is 2. The lowest BCUT2D eigenvalue weighted by atomic mass is 10.2. The molecule has 1 atom stereocenters. The quantitative estimate of drug-likeness (QED) is 0.523. The van der Waals surface area contributed by atoms with Crippen molar-refractivity contribution in [3.8, 4) is 6.07 Å². The standard InChI is InChI=1S/C18H17N5OS2/c1-9-10(2)25-17-14(9)15(20)22-18(23-17)26-11(3)16(24)21-13-7-5-4-6-12(13)8-19/h4-7,11H,1-3H3,(H,21,24)(H2,20,22,23). The number of thiophene rings is 1. The van der Waals surface area contributed by atoms with Gasteiger partial charge in [-0.25, -0.2) is 9.97 Å². The number of hydrogen-bond acceptors (Lipinski definition) is 7. The van der Waals surface area contributed by atoms with Gasteiger partial charge in [-0.05, 0) is 38.5 Å². The number of nitrogens with two attached hydrogens (primary N) is 1. The number of para-hydroxylation sites is 1. The zero-order valence-corrected chi connectivity index (χ0v) is 16.2. The molecule has 0 aliphatic rings. The number of aromatic nitrogens is 2. The van der Waals surface area contributed by atoms with Gasteiger partial charge in [-0.1, -0.05) is 23.9 Å². The summed E-state index contributed by atoms with van der Waals surface area (Å²) in [5, 5.41) is 12.8. The van der Waals surface area contributed by atoms with Crippen molar-refractivity contribution in [1.82, 2.24) is 9.97 Å². The Morgan fingerprint density at radius 1 is 1.35 bits per heavy atom. The van der Waals surface area contributed by atoms with E-state index in [4.69, 9.17) is 11.0 Å². The van der Waals surface area contributed by atoms with E-state index in [1.807, 2.05) is 13.8 Å². The number of anilines is 2. The van der Waals surface area contributed by atoms with Gasteiger partial charge in [0.05, 0.1) is 21.9 Å². The summed E-state index contributed by atoms with van der Waals surface area (Å²) >= 11 is 2.81. The monoisotopic (exact) mass is 383 g/mol. The fraction of sp³-hybridized carbons (Fsp3) is 0.222. The topological polar surface area (TPSA) is 105 Å². The van der Waals surface area contributed by atoms with Crippen LogP contribution in [0.15, 0.2) is 29.4 Å². The third-order valence-corrected chi connectivity index (χ3v) is 6.06. The molecular weight excluding hydrogens is 366 g/mol. The second-order valence-electron chi connectivity index (χ2n) is 5.76. The maximum atomic E-state index is 12.5. The molecule has 26 heavy (non-hydrogen) atoms. The van der Waals surface area contributed by atoms with Crippen LogP contribution in [0.25, 0.3) is 10.2 Å². The van der Waals surface area contributed by atoms with Gasteiger partial charge < -0.3 is 11.1 Å². The lowest BCUT2D eigenvalue weighted by Crippen LogP contribution is -2.23. The van der Waals surface area contributed by atoms with E-state index in [0.29, 0.717) is 22.2 Å². The average Bonchev–Trinajstić information content (AvgIpc) is 2.89. The normalized spacial score (nSPS) is 11.9. The number of nitrogens with zero attached hydrogens (tertiary/aromatic N) is 3. The molecule has 1 amide bonds. The van der Waals surface area contributed by atoms with Crippen LogP contribution >= 0.6 is 23.1 Å². The Kier molecular flexibility index (Phi) is 5.11. The molecule has 6 nitrogen and oxygen atoms in total. The van der Waals surface area contributed by atoms with Crippen molar-refractivity contribution in [2.45, 2.75) is 31.2 Å². The molecule has 3 N–H and O–H groups in total. The van der Waals surface area contributed by atoms with Crippen molar-refractivity contribution in [2.75, 3.05) is 11.1 Å². The molecule has 1 aromatic carbocycles. The minimum Gasteiger partial charge on any atom is -0.383 e. The van der Waals surface area contributed by atoms with Crippen molar-refractivity contribution in [2.24, 2.45) is 0 Å². The fourth-order valence-electron chi connectivity index (χ4n) is 2.45. The highest BCUT2D eigenvalue weighted by Crippen LogP contribution is 2.34. The van der Waals surface area contributed by atoms with Crippen molar-refractivity contribution in [3.63, 3.8) is 0 Å². The predicted octanol–water partition coefficient (Wildman–Crippen LogP) is 3.88. The lowest BCUT2D eigenvalue weighted by Gasteiger charge is -2.12. The molecule has 0 aliphatic heterocycles. The van der Waals surface area contributed by atoms with Crippen LogP contribution in [0, 0.1) is 25.2 Å². The SMILES string of the molecule is Cc1sc2nc(SC(C)C(=O)Nc3ccccc3C#N)nc(N)c2c1C. The molecule has 3 rings (SSSR count). The molecular formula is C18H17N5OS2. The van der Waals surface area contributed by atoms with E-state index in [2.05, 4.69) is 21.4 Å². The number of nitriles is 1. The minimum absolute atomic E-state index is 0.224. The number of fused-ring (bicyclic) bond motifs is 1. The van der Waals surface area contributed by atoms with Crippen molar-refractivity contribution >= 4 is 50.7 Å². The Morgan fingerprint density at radius 2 is 2.08 bits per heavy atom. The number of thioether (sulfide) groups is 1. The third-order valence-electron chi connectivity index (χ3n) is 3.99. The number of nitrogen functional groups attached to an aromatic ring is 1. The Morgan fingerprint density at radius 3 is 2.81 bits per heavy atom. The van der Waals surface area contributed by atoms with Gasteiger partial charge in [0, 0.05) is 4.88 Å². The maximum Gasteiger partial charge on any atom is 0.237 e. The average molecular weight is 384 g/mol. The molecule has 3 aromatic rings. The van der Waals surface area contributed by atoms with Gasteiger partial charge in [0.2, 0.25) is 5.91 Å². The lowest BCUT2D eigenvalue weighted by molar-refractivity contribution is -0.115. The molecule has 0 aliphatic carbocycles. The molecule has 0 saturated heterocycles. The van der Waals surface area contributed by atoms with E-state index >= 15 is 0 Å². The Hall–Kier alpha value is -2.63. The summed E-state index contributed by atoms with van der Waals surface area (Å²) in [6.07, 6.45) is 0. The Labute approximate surface area is 159 Å². The highest BCUT2D eigenvalue weighted by Gasteiger charge is 2.19. The number of amides is 1. The molecule has 2 heterocycles. The Bertz CT molecular complexity index is 1040. The van der Waals surface area contributed by atoms with Gasteiger partial charge in [0.15, 0.2) is 5.16 Å². The first-order chi connectivity index (χ1) is 12.4. The number of carbonyl (C=O) groups is 1. The maximum absolute atomic E-state index is 12.5. The second kappa shape index (κ2) is 7.32. The summed E-state index contributed by atoms with van der Waals surface area (Å²) in [5.41, 5.74) is 8.10.